The van der Waals surface area contributed by atoms with Crippen molar-refractivity contribution in [2.24, 2.45) is 5.92 Å². The van der Waals surface area contributed by atoms with Gasteiger partial charge in [0.1, 0.15) is 5.82 Å². The van der Waals surface area contributed by atoms with E-state index < -0.39 is 0 Å². The fourth-order valence-corrected chi connectivity index (χ4v) is 3.10. The molecule has 4 heteroatoms. The minimum Gasteiger partial charge on any atom is -0.367 e. The van der Waals surface area contributed by atoms with Crippen LogP contribution in [0.15, 0.2) is 18.3 Å². The molecule has 2 heterocycles. The van der Waals surface area contributed by atoms with Crippen molar-refractivity contribution in [3.8, 4) is 0 Å². The van der Waals surface area contributed by atoms with E-state index in [0.717, 1.165) is 44.6 Å². The number of amides is 1. The fourth-order valence-electron chi connectivity index (χ4n) is 3.10. The smallest absolute Gasteiger partial charge is 0.225 e. The number of hydrogen-bond donors (Lipinski definition) is 1. The van der Waals surface area contributed by atoms with Gasteiger partial charge >= 0.3 is 0 Å². The summed E-state index contributed by atoms with van der Waals surface area (Å²) in [5, 5.41) is 3.49. The quantitative estimate of drug-likeness (QED) is 0.920. The van der Waals surface area contributed by atoms with Crippen LogP contribution >= 0.6 is 0 Å². The van der Waals surface area contributed by atoms with E-state index in [1.54, 1.807) is 0 Å². The average Bonchev–Trinajstić information content (AvgIpc) is 2.40. The molecule has 0 bridgehead atoms. The standard InChI is InChI=1S/C16H23N3O/c1-12-6-7-15(17-11-12)18-14-5-2-4-13(10-14)16(20)19-8-3-9-19/h6-7,11,13-14H,2-5,8-10H2,1H3,(H,17,18)/t13-,14+/m0/s1. The Kier molecular flexibility index (Phi) is 3.90. The Bertz CT molecular complexity index is 467. The molecule has 1 saturated carbocycles. The van der Waals surface area contributed by atoms with Gasteiger partial charge in [-0.3, -0.25) is 4.79 Å². The molecule has 0 aromatic carbocycles. The number of nitrogens with one attached hydrogen (secondary N) is 1. The molecule has 0 radical (unpaired) electrons. The second-order valence-electron chi connectivity index (χ2n) is 6.10. The van der Waals surface area contributed by atoms with Gasteiger partial charge in [-0.05, 0) is 44.2 Å². The van der Waals surface area contributed by atoms with Crippen LogP contribution < -0.4 is 5.32 Å². The Morgan fingerprint density at radius 3 is 2.80 bits per heavy atom. The van der Waals surface area contributed by atoms with E-state index in [-0.39, 0.29) is 5.92 Å². The summed E-state index contributed by atoms with van der Waals surface area (Å²) in [4.78, 5) is 18.7. The van der Waals surface area contributed by atoms with Gasteiger partial charge in [0, 0.05) is 31.2 Å². The summed E-state index contributed by atoms with van der Waals surface area (Å²) in [6.45, 7) is 3.97. The van der Waals surface area contributed by atoms with Crippen LogP contribution in [0.3, 0.4) is 0 Å². The van der Waals surface area contributed by atoms with Gasteiger partial charge in [0.05, 0.1) is 0 Å². The van der Waals surface area contributed by atoms with Gasteiger partial charge in [-0.25, -0.2) is 4.98 Å². The third kappa shape index (κ3) is 2.94. The molecule has 0 unspecified atom stereocenters. The molecular weight excluding hydrogens is 250 g/mol. The monoisotopic (exact) mass is 273 g/mol. The van der Waals surface area contributed by atoms with E-state index in [1.807, 2.05) is 24.1 Å². The van der Waals surface area contributed by atoms with E-state index in [9.17, 15) is 4.79 Å². The van der Waals surface area contributed by atoms with Crippen LogP contribution in [0.5, 0.6) is 0 Å². The largest absolute Gasteiger partial charge is 0.367 e. The number of aryl methyl sites for hydroxylation is 1. The lowest BCUT2D eigenvalue weighted by atomic mass is 9.84. The molecule has 2 fully saturated rings. The summed E-state index contributed by atoms with van der Waals surface area (Å²) in [6.07, 6.45) is 7.33. The number of pyridine rings is 1. The highest BCUT2D eigenvalue weighted by molar-refractivity contribution is 5.79. The minimum atomic E-state index is 0.215. The van der Waals surface area contributed by atoms with Crippen LogP contribution in [-0.4, -0.2) is 34.9 Å². The predicted octanol–water partition coefficient (Wildman–Crippen LogP) is 2.59. The normalized spacial score (nSPS) is 25.9. The number of aromatic nitrogens is 1. The molecule has 108 valence electrons. The molecular formula is C16H23N3O. The molecule has 2 aliphatic rings. The highest BCUT2D eigenvalue weighted by Gasteiger charge is 2.32. The summed E-state index contributed by atoms with van der Waals surface area (Å²) < 4.78 is 0. The summed E-state index contributed by atoms with van der Waals surface area (Å²) >= 11 is 0. The number of rotatable bonds is 3. The molecule has 1 aliphatic carbocycles. The lowest BCUT2D eigenvalue weighted by Crippen LogP contribution is -2.47. The summed E-state index contributed by atoms with van der Waals surface area (Å²) in [5.74, 6) is 1.52. The maximum atomic E-state index is 12.3. The van der Waals surface area contributed by atoms with Gasteiger partial charge in [0.15, 0.2) is 0 Å². The summed E-state index contributed by atoms with van der Waals surface area (Å²) in [6, 6.07) is 4.48. The topological polar surface area (TPSA) is 45.2 Å². The first-order valence-corrected chi connectivity index (χ1v) is 7.70. The van der Waals surface area contributed by atoms with Crippen molar-refractivity contribution in [3.05, 3.63) is 23.9 Å². The van der Waals surface area contributed by atoms with E-state index >= 15 is 0 Å². The second kappa shape index (κ2) is 5.81. The predicted molar refractivity (Wildman–Crippen MR) is 79.5 cm³/mol. The van der Waals surface area contributed by atoms with Crippen molar-refractivity contribution in [2.45, 2.75) is 45.1 Å². The molecule has 4 nitrogen and oxygen atoms in total. The molecule has 1 aromatic heterocycles. The van der Waals surface area contributed by atoms with Crippen LogP contribution in [0.25, 0.3) is 0 Å². The first-order valence-electron chi connectivity index (χ1n) is 7.70. The lowest BCUT2D eigenvalue weighted by Gasteiger charge is -2.37. The molecule has 0 spiro atoms. The van der Waals surface area contributed by atoms with E-state index in [2.05, 4.69) is 16.4 Å². The SMILES string of the molecule is Cc1ccc(N[C@@H]2CCC[C@H](C(=O)N3CCC3)C2)nc1. The number of nitrogens with zero attached hydrogens (tertiary/aromatic N) is 2. The van der Waals surface area contributed by atoms with Gasteiger partial charge in [-0.2, -0.15) is 0 Å². The van der Waals surface area contributed by atoms with Crippen molar-refractivity contribution in [2.75, 3.05) is 18.4 Å². The van der Waals surface area contributed by atoms with Crippen molar-refractivity contribution in [1.29, 1.82) is 0 Å². The zero-order valence-electron chi connectivity index (χ0n) is 12.1. The third-order valence-corrected chi connectivity index (χ3v) is 4.45. The molecule has 1 aliphatic heterocycles. The maximum absolute atomic E-state index is 12.3. The van der Waals surface area contributed by atoms with Gasteiger partial charge in [0.2, 0.25) is 5.91 Å². The Balaban J connectivity index is 1.57. The van der Waals surface area contributed by atoms with Crippen LogP contribution in [-0.2, 0) is 4.79 Å². The highest BCUT2D eigenvalue weighted by Crippen LogP contribution is 2.29. The number of anilines is 1. The molecule has 20 heavy (non-hydrogen) atoms. The fraction of sp³-hybridized carbons (Fsp3) is 0.625. The molecule has 2 atom stereocenters. The number of carbonyl (C=O) groups excluding carboxylic acids is 1. The highest BCUT2D eigenvalue weighted by atomic mass is 16.2. The number of carbonyl (C=O) groups is 1. The van der Waals surface area contributed by atoms with Crippen molar-refractivity contribution >= 4 is 11.7 Å². The summed E-state index contributed by atoms with van der Waals surface area (Å²) in [5.41, 5.74) is 1.17. The minimum absolute atomic E-state index is 0.215. The first kappa shape index (κ1) is 13.4. The molecule has 1 amide bonds. The molecule has 1 saturated heterocycles. The van der Waals surface area contributed by atoms with Gasteiger partial charge in [0.25, 0.3) is 0 Å². The zero-order chi connectivity index (χ0) is 13.9. The van der Waals surface area contributed by atoms with Crippen LogP contribution in [0.2, 0.25) is 0 Å². The molecule has 3 rings (SSSR count). The Hall–Kier alpha value is -1.58. The zero-order valence-corrected chi connectivity index (χ0v) is 12.1. The van der Waals surface area contributed by atoms with E-state index in [4.69, 9.17) is 0 Å². The third-order valence-electron chi connectivity index (χ3n) is 4.45. The van der Waals surface area contributed by atoms with Crippen LogP contribution in [0, 0.1) is 12.8 Å². The van der Waals surface area contributed by atoms with E-state index in [1.165, 1.54) is 12.0 Å². The Morgan fingerprint density at radius 2 is 2.15 bits per heavy atom. The van der Waals surface area contributed by atoms with Crippen molar-refractivity contribution in [3.63, 3.8) is 0 Å². The average molecular weight is 273 g/mol. The number of hydrogen-bond acceptors (Lipinski definition) is 3. The summed E-state index contributed by atoms with van der Waals surface area (Å²) in [7, 11) is 0. The van der Waals surface area contributed by atoms with E-state index in [0.29, 0.717) is 11.9 Å². The lowest BCUT2D eigenvalue weighted by molar-refractivity contribution is -0.140. The van der Waals surface area contributed by atoms with Gasteiger partial charge < -0.3 is 10.2 Å². The first-order chi connectivity index (χ1) is 9.72. The van der Waals surface area contributed by atoms with Gasteiger partial charge in [-0.1, -0.05) is 12.5 Å². The van der Waals surface area contributed by atoms with Crippen molar-refractivity contribution < 1.29 is 4.79 Å². The molecule has 1 aromatic rings. The van der Waals surface area contributed by atoms with Crippen LogP contribution in [0.1, 0.15) is 37.7 Å². The van der Waals surface area contributed by atoms with Crippen LogP contribution in [0.4, 0.5) is 5.82 Å². The Labute approximate surface area is 120 Å². The molecule has 1 N–H and O–H groups in total. The van der Waals surface area contributed by atoms with Gasteiger partial charge in [-0.15, -0.1) is 0 Å². The number of likely N-dealkylation sites (tertiary alicyclic amines) is 1. The van der Waals surface area contributed by atoms with Crippen molar-refractivity contribution in [1.82, 2.24) is 9.88 Å². The Morgan fingerprint density at radius 1 is 1.30 bits per heavy atom. The second-order valence-corrected chi connectivity index (χ2v) is 6.10. The maximum Gasteiger partial charge on any atom is 0.225 e.